The van der Waals surface area contributed by atoms with Crippen LogP contribution >= 0.6 is 0 Å². The summed E-state index contributed by atoms with van der Waals surface area (Å²) in [6.45, 7) is 3.93. The molecule has 1 unspecified atom stereocenters. The van der Waals surface area contributed by atoms with Crippen molar-refractivity contribution in [3.8, 4) is 28.7 Å². The van der Waals surface area contributed by atoms with Gasteiger partial charge in [0, 0.05) is 24.8 Å². The zero-order valence-electron chi connectivity index (χ0n) is 23.3. The number of aromatic hydroxyl groups is 1. The summed E-state index contributed by atoms with van der Waals surface area (Å²) < 4.78 is 27.8. The van der Waals surface area contributed by atoms with Crippen LogP contribution in [0.1, 0.15) is 67.7 Å². The van der Waals surface area contributed by atoms with Gasteiger partial charge < -0.3 is 39.4 Å². The molecular weight excluding hydrogens is 516 g/mol. The molecule has 0 bridgehead atoms. The summed E-state index contributed by atoms with van der Waals surface area (Å²) in [5.74, 6) is -0.253. The summed E-state index contributed by atoms with van der Waals surface area (Å²) in [6.07, 6.45) is 5.01. The zero-order valence-corrected chi connectivity index (χ0v) is 23.3. The second-order valence-corrected chi connectivity index (χ2v) is 10.5. The van der Waals surface area contributed by atoms with Crippen LogP contribution in [0.15, 0.2) is 24.3 Å². The molecule has 40 heavy (non-hydrogen) atoms. The number of carbonyl (C=O) groups excluding carboxylic acids is 2. The second kappa shape index (κ2) is 12.2. The van der Waals surface area contributed by atoms with E-state index in [-0.39, 0.29) is 48.4 Å². The van der Waals surface area contributed by atoms with E-state index in [0.29, 0.717) is 24.5 Å². The van der Waals surface area contributed by atoms with Crippen molar-refractivity contribution in [1.29, 1.82) is 0 Å². The number of phenols is 1. The Labute approximate surface area is 234 Å². The number of hydrogen-bond acceptors (Lipinski definition) is 9. The van der Waals surface area contributed by atoms with Gasteiger partial charge in [-0.2, -0.15) is 0 Å². The molecule has 4 atom stereocenters. The number of esters is 1. The van der Waals surface area contributed by atoms with Gasteiger partial charge in [0.2, 0.25) is 18.4 Å². The third-order valence-electron chi connectivity index (χ3n) is 8.10. The molecule has 2 heterocycles. The number of ether oxygens (including phenoxy) is 5. The highest BCUT2D eigenvalue weighted by molar-refractivity contribution is 5.81. The first-order valence-electron chi connectivity index (χ1n) is 14.0. The van der Waals surface area contributed by atoms with E-state index >= 15 is 0 Å². The van der Waals surface area contributed by atoms with E-state index in [1.54, 1.807) is 12.1 Å². The number of phenolic OH excluding ortho intramolecular Hbond substituents is 1. The number of nitrogens with one attached hydrogen (secondary N) is 2. The predicted octanol–water partition coefficient (Wildman–Crippen LogP) is 3.79. The molecule has 3 N–H and O–H groups in total. The van der Waals surface area contributed by atoms with Gasteiger partial charge in [-0.1, -0.05) is 26.2 Å². The summed E-state index contributed by atoms with van der Waals surface area (Å²) in [5.41, 5.74) is 2.39. The lowest BCUT2D eigenvalue weighted by Gasteiger charge is -2.39. The molecule has 3 aliphatic rings. The predicted molar refractivity (Wildman–Crippen MR) is 146 cm³/mol. The second-order valence-electron chi connectivity index (χ2n) is 10.5. The first-order valence-corrected chi connectivity index (χ1v) is 14.0. The Bertz CT molecular complexity index is 1220. The Morgan fingerprint density at radius 1 is 0.975 bits per heavy atom. The standard InChI is InChI=1S/C30H38N2O8/c1-4-5-6-7-9-31-10-8-25(33)32-28-19-14-22-21(39-16-40-22)13-18(19)26(27-20(28)15-38-30(27)35)17-11-23(36-2)29(34)24(12-17)37-3/h11-14,20,26-28,31,34H,4-10,15-16H2,1-3H3,(H,32,33)/t20-,26?,27-,28+/m0/s1. The van der Waals surface area contributed by atoms with Crippen LogP contribution in [0.25, 0.3) is 0 Å². The quantitative estimate of drug-likeness (QED) is 0.265. The summed E-state index contributed by atoms with van der Waals surface area (Å²) in [6, 6.07) is 6.76. The fraction of sp³-hybridized carbons (Fsp3) is 0.533. The summed E-state index contributed by atoms with van der Waals surface area (Å²) in [7, 11) is 2.92. The van der Waals surface area contributed by atoms with Crippen molar-refractivity contribution in [2.45, 2.75) is 51.0 Å². The van der Waals surface area contributed by atoms with Crippen LogP contribution in [0.3, 0.4) is 0 Å². The molecule has 1 fully saturated rings. The molecule has 216 valence electrons. The zero-order chi connectivity index (χ0) is 28.2. The summed E-state index contributed by atoms with van der Waals surface area (Å²) >= 11 is 0. The largest absolute Gasteiger partial charge is 0.502 e. The molecule has 1 saturated heterocycles. The number of benzene rings is 2. The molecule has 10 nitrogen and oxygen atoms in total. The van der Waals surface area contributed by atoms with Crippen molar-refractivity contribution in [2.75, 3.05) is 40.7 Å². The Morgan fingerprint density at radius 2 is 1.68 bits per heavy atom. The van der Waals surface area contributed by atoms with Gasteiger partial charge in [0.1, 0.15) is 0 Å². The third kappa shape index (κ3) is 5.37. The average molecular weight is 555 g/mol. The van der Waals surface area contributed by atoms with Gasteiger partial charge in [-0.25, -0.2) is 0 Å². The highest BCUT2D eigenvalue weighted by atomic mass is 16.7. The summed E-state index contributed by atoms with van der Waals surface area (Å²) in [4.78, 5) is 26.4. The molecule has 0 spiro atoms. The molecule has 0 saturated carbocycles. The van der Waals surface area contributed by atoms with Gasteiger partial charge in [-0.3, -0.25) is 9.59 Å². The maximum Gasteiger partial charge on any atom is 0.310 e. The Hall–Kier alpha value is -3.66. The SMILES string of the molecule is CCCCCCNCCC(=O)N[C@@H]1c2cc3c(cc2C(c2cc(OC)c(O)c(OC)c2)[C@H]2C(=O)OC[C@H]12)OCO3. The highest BCUT2D eigenvalue weighted by Gasteiger charge is 2.53. The minimum atomic E-state index is -0.575. The number of methoxy groups -OCH3 is 2. The van der Waals surface area contributed by atoms with E-state index in [9.17, 15) is 14.7 Å². The van der Waals surface area contributed by atoms with Crippen LogP contribution in [-0.2, 0) is 14.3 Å². The molecule has 10 heteroatoms. The fourth-order valence-electron chi connectivity index (χ4n) is 6.09. The topological polar surface area (TPSA) is 125 Å². The van der Waals surface area contributed by atoms with E-state index in [4.69, 9.17) is 23.7 Å². The van der Waals surface area contributed by atoms with Crippen LogP contribution in [-0.4, -0.2) is 57.7 Å². The first-order chi connectivity index (χ1) is 19.5. The minimum absolute atomic E-state index is 0.0968. The van der Waals surface area contributed by atoms with Gasteiger partial charge in [0.25, 0.3) is 0 Å². The Kier molecular flexibility index (Phi) is 8.54. The van der Waals surface area contributed by atoms with E-state index < -0.39 is 17.9 Å². The highest BCUT2D eigenvalue weighted by Crippen LogP contribution is 2.55. The van der Waals surface area contributed by atoms with Crippen LogP contribution < -0.4 is 29.6 Å². The molecule has 2 aromatic rings. The van der Waals surface area contributed by atoms with Crippen molar-refractivity contribution in [1.82, 2.24) is 10.6 Å². The molecule has 2 aromatic carbocycles. The third-order valence-corrected chi connectivity index (χ3v) is 8.10. The minimum Gasteiger partial charge on any atom is -0.502 e. The van der Waals surface area contributed by atoms with Gasteiger partial charge in [-0.05, 0) is 53.9 Å². The number of hydrogen-bond donors (Lipinski definition) is 3. The van der Waals surface area contributed by atoms with Crippen molar-refractivity contribution in [3.05, 3.63) is 41.0 Å². The van der Waals surface area contributed by atoms with Crippen LogP contribution in [0.5, 0.6) is 28.7 Å². The van der Waals surface area contributed by atoms with E-state index in [1.165, 1.54) is 33.5 Å². The molecule has 2 aliphatic heterocycles. The smallest absolute Gasteiger partial charge is 0.310 e. The number of amides is 1. The van der Waals surface area contributed by atoms with Crippen LogP contribution in [0.2, 0.25) is 0 Å². The van der Waals surface area contributed by atoms with Crippen molar-refractivity contribution in [2.24, 2.45) is 11.8 Å². The molecule has 0 aromatic heterocycles. The van der Waals surface area contributed by atoms with E-state index in [0.717, 1.165) is 29.7 Å². The Morgan fingerprint density at radius 3 is 2.35 bits per heavy atom. The van der Waals surface area contributed by atoms with Crippen molar-refractivity contribution < 1.29 is 38.4 Å². The van der Waals surface area contributed by atoms with Gasteiger partial charge in [0.15, 0.2) is 23.0 Å². The number of cyclic esters (lactones) is 1. The lowest BCUT2D eigenvalue weighted by Crippen LogP contribution is -2.43. The van der Waals surface area contributed by atoms with Gasteiger partial charge in [0.05, 0.1) is 32.8 Å². The molecule has 1 aliphatic carbocycles. The number of fused-ring (bicyclic) bond motifs is 3. The number of unbranched alkanes of at least 4 members (excludes halogenated alkanes) is 3. The van der Waals surface area contributed by atoms with Gasteiger partial charge in [-0.15, -0.1) is 0 Å². The number of rotatable bonds is 12. The van der Waals surface area contributed by atoms with Gasteiger partial charge >= 0.3 is 5.97 Å². The van der Waals surface area contributed by atoms with Crippen molar-refractivity contribution in [3.63, 3.8) is 0 Å². The molecule has 0 radical (unpaired) electrons. The molecular formula is C30H38N2O8. The van der Waals surface area contributed by atoms with Crippen LogP contribution in [0, 0.1) is 11.8 Å². The Balaban J connectivity index is 1.47. The monoisotopic (exact) mass is 554 g/mol. The molecule has 1 amide bonds. The molecule has 5 rings (SSSR count). The lowest BCUT2D eigenvalue weighted by atomic mass is 9.65. The first kappa shape index (κ1) is 27.9. The maximum absolute atomic E-state index is 13.2. The van der Waals surface area contributed by atoms with E-state index in [1.807, 2.05) is 12.1 Å². The van der Waals surface area contributed by atoms with Crippen LogP contribution in [0.4, 0.5) is 0 Å². The average Bonchev–Trinajstić information content (AvgIpc) is 3.58. The van der Waals surface area contributed by atoms with Crippen molar-refractivity contribution >= 4 is 11.9 Å². The summed E-state index contributed by atoms with van der Waals surface area (Å²) in [5, 5.41) is 17.1. The maximum atomic E-state index is 13.2. The number of carbonyl (C=O) groups is 2. The lowest BCUT2D eigenvalue weighted by molar-refractivity contribution is -0.141. The normalized spacial score (nSPS) is 22.3. The fourth-order valence-corrected chi connectivity index (χ4v) is 6.09. The van der Waals surface area contributed by atoms with E-state index in [2.05, 4.69) is 17.6 Å².